The molecule has 2 aromatic rings. The molecular weight excluding hydrogens is 423 g/mol. The number of halogens is 3. The van der Waals surface area contributed by atoms with Gasteiger partial charge in [-0.3, -0.25) is 9.59 Å². The van der Waals surface area contributed by atoms with Crippen molar-refractivity contribution in [1.82, 2.24) is 9.78 Å². The number of carbonyl (C=O) groups is 2. The van der Waals surface area contributed by atoms with Gasteiger partial charge in [0.05, 0.1) is 32.9 Å². The molecule has 2 rings (SSSR count). The van der Waals surface area contributed by atoms with Crippen LogP contribution in [0.2, 0.25) is 15.1 Å². The van der Waals surface area contributed by atoms with Crippen LogP contribution in [0.15, 0.2) is 18.3 Å². The van der Waals surface area contributed by atoms with Crippen LogP contribution >= 0.6 is 34.8 Å². The third kappa shape index (κ3) is 5.05. The average molecular weight is 442 g/mol. The maximum atomic E-state index is 12.6. The number of nitrogens with one attached hydrogen (secondary N) is 1. The van der Waals surface area contributed by atoms with E-state index in [4.69, 9.17) is 34.8 Å². The molecule has 0 aliphatic carbocycles. The zero-order valence-corrected chi connectivity index (χ0v) is 17.7. The number of carbonyl (C=O) groups excluding carboxylic acids is 2. The van der Waals surface area contributed by atoms with Crippen LogP contribution < -0.4 is 5.32 Å². The van der Waals surface area contributed by atoms with Gasteiger partial charge in [0.25, 0.3) is 0 Å². The Morgan fingerprint density at radius 2 is 1.96 bits per heavy atom. The fourth-order valence-corrected chi connectivity index (χ4v) is 3.30. The van der Waals surface area contributed by atoms with Crippen molar-refractivity contribution in [3.63, 3.8) is 0 Å². The molecule has 0 bridgehead atoms. The van der Waals surface area contributed by atoms with Crippen LogP contribution in [-0.2, 0) is 9.59 Å². The van der Waals surface area contributed by atoms with Gasteiger partial charge in [0, 0.05) is 0 Å². The molecule has 0 aliphatic rings. The lowest BCUT2D eigenvalue weighted by Crippen LogP contribution is -2.28. The lowest BCUT2D eigenvalue weighted by molar-refractivity contribution is -0.130. The molecule has 0 spiro atoms. The molecule has 0 radical (unpaired) electrons. The fraction of sp³-hybridized carbons (Fsp3) is 0.368. The minimum absolute atomic E-state index is 0.0522. The van der Waals surface area contributed by atoms with Gasteiger partial charge < -0.3 is 5.32 Å². The maximum Gasteiger partial charge on any atom is 0.236 e. The standard InChI is InChI=1S/C19H19Cl3N4O2/c1-3-4-5-6-13(11(2)27)19(28)24-18-12(9-23)10-26(25-18)15-8-7-14(20)16(21)17(15)22/h7-8,10,13H,3-6H2,1-2H3,(H,24,25,28). The van der Waals surface area contributed by atoms with Crippen LogP contribution in [-0.4, -0.2) is 21.5 Å². The van der Waals surface area contributed by atoms with E-state index in [0.717, 1.165) is 19.3 Å². The Morgan fingerprint density at radius 1 is 1.25 bits per heavy atom. The maximum absolute atomic E-state index is 12.6. The van der Waals surface area contributed by atoms with Gasteiger partial charge in [-0.15, -0.1) is 5.10 Å². The normalized spacial score (nSPS) is 11.7. The van der Waals surface area contributed by atoms with Crippen LogP contribution in [0.25, 0.3) is 5.69 Å². The van der Waals surface area contributed by atoms with Gasteiger partial charge in [0.2, 0.25) is 5.91 Å². The molecular formula is C19H19Cl3N4O2. The summed E-state index contributed by atoms with van der Waals surface area (Å²) >= 11 is 18.2. The Hall–Kier alpha value is -2.07. The summed E-state index contributed by atoms with van der Waals surface area (Å²) in [5, 5.41) is 16.8. The highest BCUT2D eigenvalue weighted by Crippen LogP contribution is 2.35. The molecule has 1 unspecified atom stereocenters. The lowest BCUT2D eigenvalue weighted by atomic mass is 9.96. The van der Waals surface area contributed by atoms with E-state index < -0.39 is 11.8 Å². The molecule has 6 nitrogen and oxygen atoms in total. The largest absolute Gasteiger partial charge is 0.307 e. The van der Waals surface area contributed by atoms with Gasteiger partial charge in [0.1, 0.15) is 17.4 Å². The second-order valence-corrected chi connectivity index (χ2v) is 7.45. The van der Waals surface area contributed by atoms with Crippen LogP contribution in [0.4, 0.5) is 5.82 Å². The van der Waals surface area contributed by atoms with Gasteiger partial charge in [0.15, 0.2) is 5.82 Å². The monoisotopic (exact) mass is 440 g/mol. The second-order valence-electron chi connectivity index (χ2n) is 6.29. The van der Waals surface area contributed by atoms with Crippen molar-refractivity contribution >= 4 is 52.3 Å². The number of benzene rings is 1. The predicted octanol–water partition coefficient (Wildman–Crippen LogP) is 5.43. The van der Waals surface area contributed by atoms with Crippen molar-refractivity contribution in [3.05, 3.63) is 39.0 Å². The van der Waals surface area contributed by atoms with Crippen molar-refractivity contribution in [2.24, 2.45) is 5.92 Å². The third-order valence-electron chi connectivity index (χ3n) is 4.24. The van der Waals surface area contributed by atoms with E-state index in [2.05, 4.69) is 10.4 Å². The molecule has 1 amide bonds. The zero-order chi connectivity index (χ0) is 20.8. The molecule has 28 heavy (non-hydrogen) atoms. The van der Waals surface area contributed by atoms with Gasteiger partial charge >= 0.3 is 0 Å². The van der Waals surface area contributed by atoms with Crippen LogP contribution in [0.5, 0.6) is 0 Å². The Morgan fingerprint density at radius 3 is 2.57 bits per heavy atom. The van der Waals surface area contributed by atoms with Gasteiger partial charge in [-0.2, -0.15) is 5.26 Å². The molecule has 1 aromatic heterocycles. The van der Waals surface area contributed by atoms with E-state index >= 15 is 0 Å². The number of rotatable bonds is 8. The zero-order valence-electron chi connectivity index (χ0n) is 15.4. The van der Waals surface area contributed by atoms with Crippen molar-refractivity contribution < 1.29 is 9.59 Å². The summed E-state index contributed by atoms with van der Waals surface area (Å²) in [5.41, 5.74) is 0.533. The highest BCUT2D eigenvalue weighted by atomic mass is 35.5. The number of anilines is 1. The molecule has 9 heteroatoms. The molecule has 0 saturated heterocycles. The van der Waals surface area contributed by atoms with E-state index in [9.17, 15) is 14.9 Å². The summed E-state index contributed by atoms with van der Waals surface area (Å²) in [4.78, 5) is 24.4. The number of nitrogens with zero attached hydrogens (tertiary/aromatic N) is 3. The van der Waals surface area contributed by atoms with E-state index in [-0.39, 0.29) is 32.2 Å². The van der Waals surface area contributed by atoms with E-state index in [1.54, 1.807) is 12.1 Å². The van der Waals surface area contributed by atoms with Crippen LogP contribution in [0.1, 0.15) is 45.1 Å². The summed E-state index contributed by atoms with van der Waals surface area (Å²) in [6, 6.07) is 5.12. The number of unbranched alkanes of at least 4 members (excludes halogenated alkanes) is 2. The fourth-order valence-electron chi connectivity index (χ4n) is 2.69. The number of hydrogen-bond donors (Lipinski definition) is 1. The highest BCUT2D eigenvalue weighted by molar-refractivity contribution is 6.48. The van der Waals surface area contributed by atoms with Crippen LogP contribution in [0, 0.1) is 17.2 Å². The average Bonchev–Trinajstić information content (AvgIpc) is 3.05. The van der Waals surface area contributed by atoms with Crippen molar-refractivity contribution in [1.29, 1.82) is 5.26 Å². The number of ketones is 1. The molecule has 148 valence electrons. The number of amides is 1. The van der Waals surface area contributed by atoms with E-state index in [1.807, 2.05) is 13.0 Å². The Kier molecular flexibility index (Phi) is 7.88. The minimum Gasteiger partial charge on any atom is -0.307 e. The first-order chi connectivity index (χ1) is 13.3. The van der Waals surface area contributed by atoms with E-state index in [0.29, 0.717) is 12.1 Å². The van der Waals surface area contributed by atoms with Crippen molar-refractivity contribution in [2.75, 3.05) is 5.32 Å². The van der Waals surface area contributed by atoms with Crippen LogP contribution in [0.3, 0.4) is 0 Å². The first-order valence-corrected chi connectivity index (χ1v) is 9.88. The third-order valence-corrected chi connectivity index (χ3v) is 5.53. The molecule has 1 aromatic carbocycles. The second kappa shape index (κ2) is 9.92. The summed E-state index contributed by atoms with van der Waals surface area (Å²) < 4.78 is 1.33. The summed E-state index contributed by atoms with van der Waals surface area (Å²) in [6.45, 7) is 3.43. The molecule has 0 saturated carbocycles. The SMILES string of the molecule is CCCCCC(C(C)=O)C(=O)Nc1nn(-c2ccc(Cl)c(Cl)c2Cl)cc1C#N. The molecule has 0 aliphatic heterocycles. The lowest BCUT2D eigenvalue weighted by Gasteiger charge is -2.13. The van der Waals surface area contributed by atoms with Crippen molar-refractivity contribution in [3.8, 4) is 11.8 Å². The Bertz CT molecular complexity index is 934. The first kappa shape index (κ1) is 22.2. The number of nitriles is 1. The molecule has 1 N–H and O–H groups in total. The van der Waals surface area contributed by atoms with Gasteiger partial charge in [-0.25, -0.2) is 4.68 Å². The number of aromatic nitrogens is 2. The van der Waals surface area contributed by atoms with Crippen molar-refractivity contribution in [2.45, 2.75) is 39.5 Å². The Balaban J connectivity index is 2.30. The molecule has 0 fully saturated rings. The summed E-state index contributed by atoms with van der Waals surface area (Å²) in [6.07, 6.45) is 4.56. The van der Waals surface area contributed by atoms with E-state index in [1.165, 1.54) is 17.8 Å². The number of hydrogen-bond acceptors (Lipinski definition) is 4. The highest BCUT2D eigenvalue weighted by Gasteiger charge is 2.25. The number of Topliss-reactive ketones (excluding diaryl/α,β-unsaturated/α-hetero) is 1. The first-order valence-electron chi connectivity index (χ1n) is 8.75. The molecule has 1 heterocycles. The smallest absolute Gasteiger partial charge is 0.236 e. The quantitative estimate of drug-likeness (QED) is 0.336. The van der Waals surface area contributed by atoms with Gasteiger partial charge in [-0.05, 0) is 25.5 Å². The molecule has 1 atom stereocenters. The van der Waals surface area contributed by atoms with Gasteiger partial charge in [-0.1, -0.05) is 61.0 Å². The summed E-state index contributed by atoms with van der Waals surface area (Å²) in [7, 11) is 0. The predicted molar refractivity (Wildman–Crippen MR) is 110 cm³/mol. The Labute approximate surface area is 178 Å². The topological polar surface area (TPSA) is 87.8 Å². The minimum atomic E-state index is -0.781. The summed E-state index contributed by atoms with van der Waals surface area (Å²) in [5.74, 6) is -1.43.